The molecule has 5 aromatic rings. The molecule has 0 aromatic heterocycles. The molecule has 0 aliphatic carbocycles. The molecule has 1 heteroatoms. The minimum Gasteiger partial charge on any atom is -0.179 e. The number of thiol groups is 1. The molecule has 0 atom stereocenters. The van der Waals surface area contributed by atoms with Gasteiger partial charge in [0.2, 0.25) is 0 Å². The SMILES string of the molecule is SCCCc1ccc2cccc3c4cccc5cccc(c1c23)c54. The van der Waals surface area contributed by atoms with Gasteiger partial charge in [0.05, 0.1) is 0 Å². The van der Waals surface area contributed by atoms with Gasteiger partial charge in [0.15, 0.2) is 0 Å². The summed E-state index contributed by atoms with van der Waals surface area (Å²) in [7, 11) is 0. The number of hydrogen-bond acceptors (Lipinski definition) is 1. The fraction of sp³-hybridized carbons (Fsp3) is 0.130. The summed E-state index contributed by atoms with van der Waals surface area (Å²) in [5.74, 6) is 0.930. The highest BCUT2D eigenvalue weighted by Gasteiger charge is 2.14. The van der Waals surface area contributed by atoms with Gasteiger partial charge in [0.25, 0.3) is 0 Å². The van der Waals surface area contributed by atoms with Crippen molar-refractivity contribution in [2.45, 2.75) is 12.8 Å². The Morgan fingerprint density at radius 2 is 1.21 bits per heavy atom. The lowest BCUT2D eigenvalue weighted by Gasteiger charge is -2.17. The fourth-order valence-corrected chi connectivity index (χ4v) is 4.36. The zero-order valence-electron chi connectivity index (χ0n) is 13.4. The molecule has 0 aliphatic heterocycles. The summed E-state index contributed by atoms with van der Waals surface area (Å²) in [6.07, 6.45) is 2.20. The third kappa shape index (κ3) is 1.88. The number of aryl methyl sites for hydroxylation is 1. The number of rotatable bonds is 3. The Morgan fingerprint density at radius 3 is 1.92 bits per heavy atom. The molecule has 0 fully saturated rings. The number of benzene rings is 5. The molecule has 0 saturated carbocycles. The van der Waals surface area contributed by atoms with Crippen LogP contribution in [0, 0.1) is 0 Å². The Bertz CT molecular complexity index is 1180. The van der Waals surface area contributed by atoms with Crippen LogP contribution in [0.25, 0.3) is 43.1 Å². The molecule has 0 bridgehead atoms. The quantitative estimate of drug-likeness (QED) is 0.215. The van der Waals surface area contributed by atoms with Gasteiger partial charge in [0.1, 0.15) is 0 Å². The minimum absolute atomic E-state index is 0.930. The summed E-state index contributed by atoms with van der Waals surface area (Å²) in [6, 6.07) is 24.7. The van der Waals surface area contributed by atoms with Gasteiger partial charge < -0.3 is 0 Å². The van der Waals surface area contributed by atoms with Crippen molar-refractivity contribution in [1.29, 1.82) is 0 Å². The van der Waals surface area contributed by atoms with Gasteiger partial charge in [0, 0.05) is 0 Å². The monoisotopic (exact) mass is 326 g/mol. The van der Waals surface area contributed by atoms with Crippen LogP contribution >= 0.6 is 12.6 Å². The Balaban J connectivity index is 2.10. The lowest BCUT2D eigenvalue weighted by molar-refractivity contribution is 0.945. The fourth-order valence-electron chi connectivity index (χ4n) is 4.21. The molecule has 0 radical (unpaired) electrons. The molecule has 0 N–H and O–H groups in total. The summed E-state index contributed by atoms with van der Waals surface area (Å²) >= 11 is 4.41. The van der Waals surface area contributed by atoms with Crippen LogP contribution in [0.2, 0.25) is 0 Å². The Labute approximate surface area is 146 Å². The van der Waals surface area contributed by atoms with Gasteiger partial charge >= 0.3 is 0 Å². The van der Waals surface area contributed by atoms with Crippen molar-refractivity contribution in [3.8, 4) is 0 Å². The van der Waals surface area contributed by atoms with Crippen LogP contribution in [-0.4, -0.2) is 5.75 Å². The van der Waals surface area contributed by atoms with Crippen molar-refractivity contribution in [3.63, 3.8) is 0 Å². The van der Waals surface area contributed by atoms with Crippen molar-refractivity contribution < 1.29 is 0 Å². The minimum atomic E-state index is 0.930. The van der Waals surface area contributed by atoms with E-state index >= 15 is 0 Å². The third-order valence-electron chi connectivity index (χ3n) is 5.20. The molecule has 0 saturated heterocycles. The summed E-state index contributed by atoms with van der Waals surface area (Å²) < 4.78 is 0. The van der Waals surface area contributed by atoms with Crippen molar-refractivity contribution in [2.75, 3.05) is 5.75 Å². The largest absolute Gasteiger partial charge is 0.179 e. The second kappa shape index (κ2) is 5.39. The van der Waals surface area contributed by atoms with E-state index in [1.807, 2.05) is 0 Å². The summed E-state index contributed by atoms with van der Waals surface area (Å²) in [6.45, 7) is 0. The number of fused-ring (bicyclic) bond motifs is 2. The smallest absolute Gasteiger partial charge is 0.00236 e. The lowest BCUT2D eigenvalue weighted by atomic mass is 9.87. The summed E-state index contributed by atoms with van der Waals surface area (Å²) in [4.78, 5) is 0. The highest BCUT2D eigenvalue weighted by Crippen LogP contribution is 2.41. The van der Waals surface area contributed by atoms with E-state index in [0.717, 1.165) is 18.6 Å². The first kappa shape index (κ1) is 14.1. The van der Waals surface area contributed by atoms with Gasteiger partial charge in [-0.25, -0.2) is 0 Å². The Kier molecular flexibility index (Phi) is 3.17. The lowest BCUT2D eigenvalue weighted by Crippen LogP contribution is -1.93. The second-order valence-electron chi connectivity index (χ2n) is 6.54. The third-order valence-corrected chi connectivity index (χ3v) is 5.52. The van der Waals surface area contributed by atoms with E-state index in [1.165, 1.54) is 48.7 Å². The zero-order valence-corrected chi connectivity index (χ0v) is 14.3. The van der Waals surface area contributed by atoms with Crippen molar-refractivity contribution in [3.05, 3.63) is 72.3 Å². The molecule has 0 nitrogen and oxygen atoms in total. The average Bonchev–Trinajstić information content (AvgIpc) is 2.64. The van der Waals surface area contributed by atoms with Crippen LogP contribution in [0.1, 0.15) is 12.0 Å². The first-order valence-corrected chi connectivity index (χ1v) is 9.19. The summed E-state index contributed by atoms with van der Waals surface area (Å²) in [5.41, 5.74) is 1.45. The average molecular weight is 326 g/mol. The van der Waals surface area contributed by atoms with E-state index in [-0.39, 0.29) is 0 Å². The van der Waals surface area contributed by atoms with Crippen LogP contribution in [-0.2, 0) is 6.42 Å². The first-order chi connectivity index (χ1) is 11.9. The van der Waals surface area contributed by atoms with E-state index in [2.05, 4.69) is 79.4 Å². The molecule has 0 amide bonds. The Morgan fingerprint density at radius 1 is 0.583 bits per heavy atom. The molecule has 0 unspecified atom stereocenters. The van der Waals surface area contributed by atoms with Crippen LogP contribution in [0.5, 0.6) is 0 Å². The second-order valence-corrected chi connectivity index (χ2v) is 6.99. The van der Waals surface area contributed by atoms with Crippen molar-refractivity contribution in [1.82, 2.24) is 0 Å². The predicted octanol–water partition coefficient (Wildman–Crippen LogP) is 6.60. The van der Waals surface area contributed by atoms with Crippen LogP contribution in [0.15, 0.2) is 66.7 Å². The Hall–Kier alpha value is -2.25. The maximum absolute atomic E-state index is 4.41. The van der Waals surface area contributed by atoms with Gasteiger partial charge in [-0.3, -0.25) is 0 Å². The van der Waals surface area contributed by atoms with E-state index in [1.54, 1.807) is 0 Å². The van der Waals surface area contributed by atoms with Gasteiger partial charge in [-0.15, -0.1) is 0 Å². The van der Waals surface area contributed by atoms with E-state index in [9.17, 15) is 0 Å². The molecular weight excluding hydrogens is 308 g/mol. The van der Waals surface area contributed by atoms with Gasteiger partial charge in [-0.2, -0.15) is 12.6 Å². The summed E-state index contributed by atoms with van der Waals surface area (Å²) in [5, 5.41) is 11.1. The molecular formula is C23H18S. The van der Waals surface area contributed by atoms with E-state index < -0.39 is 0 Å². The normalized spacial score (nSPS) is 12.0. The molecule has 0 spiro atoms. The van der Waals surface area contributed by atoms with E-state index in [4.69, 9.17) is 0 Å². The molecule has 116 valence electrons. The van der Waals surface area contributed by atoms with Crippen LogP contribution < -0.4 is 0 Å². The van der Waals surface area contributed by atoms with Gasteiger partial charge in [-0.1, -0.05) is 66.7 Å². The highest BCUT2D eigenvalue weighted by molar-refractivity contribution is 7.80. The maximum Gasteiger partial charge on any atom is -0.00236 e. The predicted molar refractivity (Wildman–Crippen MR) is 110 cm³/mol. The first-order valence-electron chi connectivity index (χ1n) is 8.56. The van der Waals surface area contributed by atoms with Crippen molar-refractivity contribution >= 4 is 55.7 Å². The van der Waals surface area contributed by atoms with Crippen molar-refractivity contribution in [2.24, 2.45) is 0 Å². The van der Waals surface area contributed by atoms with Crippen LogP contribution in [0.4, 0.5) is 0 Å². The molecule has 5 aromatic carbocycles. The standard InChI is InChI=1S/C23H18S/c24-14-4-8-17-13-12-16-7-2-10-19-18-9-1-5-15-6-3-11-20(21(15)18)23(17)22(16)19/h1-3,5-7,9-13,24H,4,8,14H2. The topological polar surface area (TPSA) is 0 Å². The van der Waals surface area contributed by atoms with Crippen LogP contribution in [0.3, 0.4) is 0 Å². The number of hydrogen-bond donors (Lipinski definition) is 1. The van der Waals surface area contributed by atoms with Gasteiger partial charge in [-0.05, 0) is 67.2 Å². The molecule has 5 rings (SSSR count). The maximum atomic E-state index is 4.41. The van der Waals surface area contributed by atoms with E-state index in [0.29, 0.717) is 0 Å². The molecule has 0 aliphatic rings. The highest BCUT2D eigenvalue weighted by atomic mass is 32.1. The zero-order chi connectivity index (χ0) is 16.1. The molecule has 24 heavy (non-hydrogen) atoms. The molecule has 0 heterocycles.